The summed E-state index contributed by atoms with van der Waals surface area (Å²) in [5.74, 6) is 0.664. The minimum atomic E-state index is 0.281. The quantitative estimate of drug-likeness (QED) is 0.818. The third-order valence-corrected chi connectivity index (χ3v) is 4.23. The highest BCUT2D eigenvalue weighted by Crippen LogP contribution is 2.25. The molecule has 2 unspecified atom stereocenters. The van der Waals surface area contributed by atoms with Gasteiger partial charge < -0.3 is 5.32 Å². The van der Waals surface area contributed by atoms with Crippen LogP contribution in [0.1, 0.15) is 55.5 Å². The topological polar surface area (TPSA) is 24.9 Å². The molecule has 0 fully saturated rings. The summed E-state index contributed by atoms with van der Waals surface area (Å²) in [4.78, 5) is 4.59. The third kappa shape index (κ3) is 4.15. The molecule has 0 bridgehead atoms. The van der Waals surface area contributed by atoms with Gasteiger partial charge in [0.2, 0.25) is 0 Å². The Hall–Kier alpha value is -1.19. The zero-order chi connectivity index (χ0) is 14.5. The van der Waals surface area contributed by atoms with Gasteiger partial charge in [0.25, 0.3) is 0 Å². The Labute approximate surface area is 126 Å². The van der Waals surface area contributed by atoms with Crippen molar-refractivity contribution in [2.24, 2.45) is 5.92 Å². The van der Waals surface area contributed by atoms with E-state index in [0.29, 0.717) is 12.0 Å². The Kier molecular flexibility index (Phi) is 5.32. The van der Waals surface area contributed by atoms with Crippen LogP contribution < -0.4 is 5.32 Å². The summed E-state index contributed by atoms with van der Waals surface area (Å²) in [5.41, 5.74) is 2.51. The fraction of sp³-hybridized carbons (Fsp3) is 0.471. The van der Waals surface area contributed by atoms with Gasteiger partial charge in [-0.25, -0.2) is 4.98 Å². The molecule has 2 rings (SSSR count). The van der Waals surface area contributed by atoms with Crippen molar-refractivity contribution in [3.63, 3.8) is 0 Å². The Morgan fingerprint density at radius 2 is 1.85 bits per heavy atom. The van der Waals surface area contributed by atoms with Crippen LogP contribution in [0.15, 0.2) is 35.7 Å². The molecule has 20 heavy (non-hydrogen) atoms. The van der Waals surface area contributed by atoms with Gasteiger partial charge in [-0.1, -0.05) is 44.2 Å². The van der Waals surface area contributed by atoms with Crippen molar-refractivity contribution in [1.82, 2.24) is 10.3 Å². The van der Waals surface area contributed by atoms with E-state index in [4.69, 9.17) is 0 Å². The molecule has 2 aromatic rings. The Bertz CT molecular complexity index is 519. The maximum absolute atomic E-state index is 4.59. The van der Waals surface area contributed by atoms with E-state index in [9.17, 15) is 0 Å². The van der Waals surface area contributed by atoms with Crippen molar-refractivity contribution < 1.29 is 0 Å². The van der Waals surface area contributed by atoms with Gasteiger partial charge in [0.05, 0.1) is 10.7 Å². The average Bonchev–Trinajstić information content (AvgIpc) is 2.85. The van der Waals surface area contributed by atoms with Crippen LogP contribution in [0.3, 0.4) is 0 Å². The number of nitrogens with zero attached hydrogens (tertiary/aromatic N) is 1. The van der Waals surface area contributed by atoms with Crippen molar-refractivity contribution in [2.75, 3.05) is 0 Å². The number of aromatic nitrogens is 1. The van der Waals surface area contributed by atoms with Crippen LogP contribution in [-0.2, 0) is 0 Å². The van der Waals surface area contributed by atoms with Gasteiger partial charge in [-0.3, -0.25) is 0 Å². The second kappa shape index (κ2) is 7.00. The lowest BCUT2D eigenvalue weighted by Gasteiger charge is -2.24. The maximum Gasteiger partial charge on any atom is 0.0898 e. The summed E-state index contributed by atoms with van der Waals surface area (Å²) >= 11 is 1.72. The summed E-state index contributed by atoms with van der Waals surface area (Å²) in [7, 11) is 0. The van der Waals surface area contributed by atoms with Gasteiger partial charge in [0.1, 0.15) is 0 Å². The molecule has 2 atom stereocenters. The standard InChI is InChI=1S/C17H24N2S/c1-12(2)10-16(15-8-6-5-7-9-15)18-13(3)17-11-20-14(4)19-17/h5-9,11-13,16,18H,10H2,1-4H3. The van der Waals surface area contributed by atoms with Crippen molar-refractivity contribution in [2.45, 2.75) is 46.2 Å². The predicted molar refractivity (Wildman–Crippen MR) is 87.0 cm³/mol. The van der Waals surface area contributed by atoms with E-state index in [-0.39, 0.29) is 6.04 Å². The summed E-state index contributed by atoms with van der Waals surface area (Å²) in [6.45, 7) is 8.80. The molecule has 3 heteroatoms. The van der Waals surface area contributed by atoms with Gasteiger partial charge in [-0.15, -0.1) is 11.3 Å². The van der Waals surface area contributed by atoms with Gasteiger partial charge >= 0.3 is 0 Å². The van der Waals surface area contributed by atoms with Crippen molar-refractivity contribution >= 4 is 11.3 Å². The highest BCUT2D eigenvalue weighted by atomic mass is 32.1. The second-order valence-corrected chi connectivity index (χ2v) is 6.83. The van der Waals surface area contributed by atoms with Gasteiger partial charge in [-0.05, 0) is 31.7 Å². The molecule has 0 spiro atoms. The largest absolute Gasteiger partial charge is 0.302 e. The van der Waals surface area contributed by atoms with E-state index in [0.717, 1.165) is 17.1 Å². The normalized spacial score (nSPS) is 14.4. The monoisotopic (exact) mass is 288 g/mol. The molecule has 1 aromatic carbocycles. The first-order valence-corrected chi connectivity index (χ1v) is 8.17. The SMILES string of the molecule is Cc1nc(C(C)NC(CC(C)C)c2ccccc2)cs1. The fourth-order valence-corrected chi connectivity index (χ4v) is 3.13. The fourth-order valence-electron chi connectivity index (χ4n) is 2.42. The van der Waals surface area contributed by atoms with E-state index in [1.165, 1.54) is 5.56 Å². The van der Waals surface area contributed by atoms with Crippen LogP contribution in [0.4, 0.5) is 0 Å². The molecule has 1 aromatic heterocycles. The molecule has 0 radical (unpaired) electrons. The zero-order valence-corrected chi connectivity index (χ0v) is 13.6. The second-order valence-electron chi connectivity index (χ2n) is 5.77. The number of nitrogens with one attached hydrogen (secondary N) is 1. The first-order valence-electron chi connectivity index (χ1n) is 7.29. The Morgan fingerprint density at radius 3 is 2.40 bits per heavy atom. The van der Waals surface area contributed by atoms with Crippen LogP contribution >= 0.6 is 11.3 Å². The minimum Gasteiger partial charge on any atom is -0.302 e. The molecule has 1 N–H and O–H groups in total. The first kappa shape index (κ1) is 15.2. The molecular formula is C17H24N2S. The first-order chi connectivity index (χ1) is 9.56. The molecule has 2 nitrogen and oxygen atoms in total. The molecule has 0 aliphatic rings. The van der Waals surface area contributed by atoms with Gasteiger partial charge in [0, 0.05) is 17.5 Å². The lowest BCUT2D eigenvalue weighted by molar-refractivity contribution is 0.391. The predicted octanol–water partition coefficient (Wildman–Crippen LogP) is 4.89. The van der Waals surface area contributed by atoms with Crippen LogP contribution in [0.5, 0.6) is 0 Å². The highest BCUT2D eigenvalue weighted by molar-refractivity contribution is 7.09. The average molecular weight is 288 g/mol. The summed E-state index contributed by atoms with van der Waals surface area (Å²) in [5, 5.41) is 7.03. The van der Waals surface area contributed by atoms with E-state index >= 15 is 0 Å². The minimum absolute atomic E-state index is 0.281. The zero-order valence-electron chi connectivity index (χ0n) is 12.8. The molecule has 1 heterocycles. The molecule has 108 valence electrons. The number of benzene rings is 1. The van der Waals surface area contributed by atoms with E-state index in [1.54, 1.807) is 11.3 Å². The van der Waals surface area contributed by atoms with Gasteiger partial charge in [0.15, 0.2) is 0 Å². The molecule has 0 saturated heterocycles. The lowest BCUT2D eigenvalue weighted by Crippen LogP contribution is -2.26. The van der Waals surface area contributed by atoms with Crippen LogP contribution in [0.25, 0.3) is 0 Å². The molecule has 0 aliphatic carbocycles. The number of rotatable bonds is 6. The third-order valence-electron chi connectivity index (χ3n) is 3.44. The van der Waals surface area contributed by atoms with Crippen LogP contribution in [-0.4, -0.2) is 4.98 Å². The molecule has 0 amide bonds. The molecule has 0 aliphatic heterocycles. The maximum atomic E-state index is 4.59. The number of hydrogen-bond donors (Lipinski definition) is 1. The Morgan fingerprint density at radius 1 is 1.15 bits per heavy atom. The van der Waals surface area contributed by atoms with Crippen molar-refractivity contribution in [1.29, 1.82) is 0 Å². The van der Waals surface area contributed by atoms with Gasteiger partial charge in [-0.2, -0.15) is 0 Å². The Balaban J connectivity index is 2.11. The number of aryl methyl sites for hydroxylation is 1. The van der Waals surface area contributed by atoms with E-state index in [1.807, 2.05) is 0 Å². The van der Waals surface area contributed by atoms with E-state index in [2.05, 4.69) is 73.7 Å². The number of thiazole rings is 1. The number of hydrogen-bond acceptors (Lipinski definition) is 3. The summed E-state index contributed by atoms with van der Waals surface area (Å²) in [6.07, 6.45) is 1.14. The smallest absolute Gasteiger partial charge is 0.0898 e. The molecule has 0 saturated carbocycles. The molecular weight excluding hydrogens is 264 g/mol. The summed E-state index contributed by atoms with van der Waals surface area (Å²) in [6, 6.07) is 11.4. The lowest BCUT2D eigenvalue weighted by atomic mass is 9.96. The van der Waals surface area contributed by atoms with Crippen LogP contribution in [0.2, 0.25) is 0 Å². The van der Waals surface area contributed by atoms with E-state index < -0.39 is 0 Å². The van der Waals surface area contributed by atoms with Crippen molar-refractivity contribution in [3.8, 4) is 0 Å². The van der Waals surface area contributed by atoms with Crippen LogP contribution in [0, 0.1) is 12.8 Å². The van der Waals surface area contributed by atoms with Crippen molar-refractivity contribution in [3.05, 3.63) is 52.0 Å². The summed E-state index contributed by atoms with van der Waals surface area (Å²) < 4.78 is 0. The highest BCUT2D eigenvalue weighted by Gasteiger charge is 2.17.